The number of sulfonamides is 1. The molecule has 26 heavy (non-hydrogen) atoms. The van der Waals surface area contributed by atoms with Crippen LogP contribution in [0.15, 0.2) is 22.6 Å². The molecular formula is C15H14BrCl2NO6S. The first-order valence-electron chi connectivity index (χ1n) is 7.20. The van der Waals surface area contributed by atoms with Gasteiger partial charge in [0.15, 0.2) is 5.76 Å². The van der Waals surface area contributed by atoms with Crippen molar-refractivity contribution in [3.8, 4) is 22.8 Å². The average Bonchev–Trinajstić information content (AvgIpc) is 2.80. The van der Waals surface area contributed by atoms with Crippen LogP contribution in [0, 0.1) is 0 Å². The van der Waals surface area contributed by atoms with E-state index in [1.165, 1.54) is 18.2 Å². The molecule has 0 aliphatic carbocycles. The lowest BCUT2D eigenvalue weighted by Gasteiger charge is -2.06. The standard InChI is InChI=1S/C15H14BrCl2NO6S/c1-8(20)24-14-12(21)13(9-5-10(17)7-11(18)6-9)25-15(14)19-26(22,23)4-2-3-16/h5-7,19,21H,2-4H2,1H3. The third kappa shape index (κ3) is 5.29. The number of hydrogen-bond acceptors (Lipinski definition) is 6. The second-order valence-electron chi connectivity index (χ2n) is 5.15. The molecule has 1 heterocycles. The van der Waals surface area contributed by atoms with Crippen LogP contribution in [0.5, 0.6) is 11.5 Å². The van der Waals surface area contributed by atoms with Gasteiger partial charge >= 0.3 is 5.97 Å². The molecule has 0 aliphatic rings. The minimum absolute atomic E-state index is 0.149. The quantitative estimate of drug-likeness (QED) is 0.443. The summed E-state index contributed by atoms with van der Waals surface area (Å²) < 4.78 is 36.7. The first kappa shape index (κ1) is 20.9. The number of halogens is 3. The van der Waals surface area contributed by atoms with E-state index in [2.05, 4.69) is 20.7 Å². The molecule has 0 saturated carbocycles. The van der Waals surface area contributed by atoms with Crippen LogP contribution in [0.3, 0.4) is 0 Å². The van der Waals surface area contributed by atoms with Crippen molar-refractivity contribution < 1.29 is 27.5 Å². The molecular weight excluding hydrogens is 473 g/mol. The van der Waals surface area contributed by atoms with Gasteiger partial charge in [0.25, 0.3) is 5.88 Å². The Labute approximate surface area is 168 Å². The Morgan fingerprint density at radius 2 is 1.92 bits per heavy atom. The molecule has 1 aromatic heterocycles. The Morgan fingerprint density at radius 3 is 2.46 bits per heavy atom. The van der Waals surface area contributed by atoms with Crippen LogP contribution in [0.4, 0.5) is 5.88 Å². The molecule has 0 bridgehead atoms. The Kier molecular flexibility index (Phi) is 6.84. The molecule has 1 aromatic carbocycles. The summed E-state index contributed by atoms with van der Waals surface area (Å²) in [6.07, 6.45) is 0.349. The van der Waals surface area contributed by atoms with Crippen LogP contribution in [-0.2, 0) is 14.8 Å². The number of esters is 1. The minimum Gasteiger partial charge on any atom is -0.502 e. The lowest BCUT2D eigenvalue weighted by Crippen LogP contribution is -2.17. The van der Waals surface area contributed by atoms with E-state index >= 15 is 0 Å². The Hall–Kier alpha value is -1.42. The number of carbonyl (C=O) groups excluding carboxylic acids is 1. The van der Waals surface area contributed by atoms with E-state index in [9.17, 15) is 18.3 Å². The van der Waals surface area contributed by atoms with Crippen molar-refractivity contribution >= 4 is 61.0 Å². The molecule has 0 saturated heterocycles. The van der Waals surface area contributed by atoms with Crippen molar-refractivity contribution in [2.45, 2.75) is 13.3 Å². The summed E-state index contributed by atoms with van der Waals surface area (Å²) in [5.74, 6) is -2.53. The van der Waals surface area contributed by atoms with E-state index in [0.29, 0.717) is 11.8 Å². The van der Waals surface area contributed by atoms with Crippen molar-refractivity contribution in [3.05, 3.63) is 28.2 Å². The summed E-state index contributed by atoms with van der Waals surface area (Å²) in [6, 6.07) is 4.38. The van der Waals surface area contributed by atoms with Crippen LogP contribution in [-0.4, -0.2) is 30.6 Å². The number of aromatic hydroxyl groups is 1. The highest BCUT2D eigenvalue weighted by molar-refractivity contribution is 9.09. The second kappa shape index (κ2) is 8.51. The molecule has 0 amide bonds. The first-order valence-corrected chi connectivity index (χ1v) is 10.7. The molecule has 2 aromatic rings. The third-order valence-electron chi connectivity index (χ3n) is 3.01. The van der Waals surface area contributed by atoms with Crippen molar-refractivity contribution in [2.24, 2.45) is 0 Å². The van der Waals surface area contributed by atoms with E-state index in [4.69, 9.17) is 32.4 Å². The fourth-order valence-electron chi connectivity index (χ4n) is 2.03. The van der Waals surface area contributed by atoms with Crippen LogP contribution < -0.4 is 9.46 Å². The van der Waals surface area contributed by atoms with Crippen LogP contribution >= 0.6 is 39.1 Å². The topological polar surface area (TPSA) is 106 Å². The van der Waals surface area contributed by atoms with Crippen LogP contribution in [0.1, 0.15) is 13.3 Å². The molecule has 142 valence electrons. The summed E-state index contributed by atoms with van der Waals surface area (Å²) in [5.41, 5.74) is 0.277. The number of hydrogen-bond donors (Lipinski definition) is 2. The van der Waals surface area contributed by atoms with E-state index in [1.54, 1.807) is 0 Å². The van der Waals surface area contributed by atoms with Gasteiger partial charge in [0.1, 0.15) is 0 Å². The van der Waals surface area contributed by atoms with Gasteiger partial charge in [-0.3, -0.25) is 4.79 Å². The van der Waals surface area contributed by atoms with Gasteiger partial charge in [0.2, 0.25) is 21.5 Å². The maximum absolute atomic E-state index is 12.1. The number of furan rings is 1. The SMILES string of the molecule is CC(=O)Oc1c(NS(=O)(=O)CCCBr)oc(-c2cc(Cl)cc(Cl)c2)c1O. The summed E-state index contributed by atoms with van der Waals surface area (Å²) in [4.78, 5) is 11.3. The number of carbonyl (C=O) groups is 1. The number of rotatable bonds is 7. The average molecular weight is 487 g/mol. The summed E-state index contributed by atoms with van der Waals surface area (Å²) in [7, 11) is -3.79. The molecule has 11 heteroatoms. The molecule has 0 aliphatic heterocycles. The lowest BCUT2D eigenvalue weighted by molar-refractivity contribution is -0.131. The zero-order valence-electron chi connectivity index (χ0n) is 13.4. The molecule has 0 fully saturated rings. The van der Waals surface area contributed by atoms with Gasteiger partial charge < -0.3 is 14.3 Å². The van der Waals surface area contributed by atoms with E-state index in [-0.39, 0.29) is 27.1 Å². The molecule has 0 unspecified atom stereocenters. The normalized spacial score (nSPS) is 11.4. The lowest BCUT2D eigenvalue weighted by atomic mass is 10.1. The highest BCUT2D eigenvalue weighted by atomic mass is 79.9. The van der Waals surface area contributed by atoms with Gasteiger partial charge in [-0.15, -0.1) is 0 Å². The molecule has 7 nitrogen and oxygen atoms in total. The van der Waals surface area contributed by atoms with E-state index < -0.39 is 33.4 Å². The number of ether oxygens (including phenoxy) is 1. The Morgan fingerprint density at radius 1 is 1.31 bits per heavy atom. The summed E-state index contributed by atoms with van der Waals surface area (Å²) >= 11 is 15.0. The van der Waals surface area contributed by atoms with Crippen LogP contribution in [0.2, 0.25) is 10.0 Å². The molecule has 0 atom stereocenters. The monoisotopic (exact) mass is 485 g/mol. The van der Waals surface area contributed by atoms with Crippen molar-refractivity contribution in [1.82, 2.24) is 0 Å². The number of anilines is 1. The molecule has 2 rings (SSSR count). The zero-order valence-corrected chi connectivity index (χ0v) is 17.3. The van der Waals surface area contributed by atoms with Gasteiger partial charge in [-0.25, -0.2) is 13.1 Å². The maximum atomic E-state index is 12.1. The summed E-state index contributed by atoms with van der Waals surface area (Å²) in [6.45, 7) is 1.10. The van der Waals surface area contributed by atoms with Crippen molar-refractivity contribution in [3.63, 3.8) is 0 Å². The number of alkyl halides is 1. The predicted molar refractivity (Wildman–Crippen MR) is 103 cm³/mol. The maximum Gasteiger partial charge on any atom is 0.308 e. The number of benzene rings is 1. The van der Waals surface area contributed by atoms with Gasteiger partial charge in [-0.1, -0.05) is 39.1 Å². The van der Waals surface area contributed by atoms with Gasteiger partial charge in [-0.05, 0) is 24.6 Å². The van der Waals surface area contributed by atoms with Crippen molar-refractivity contribution in [1.29, 1.82) is 0 Å². The van der Waals surface area contributed by atoms with Crippen LogP contribution in [0.25, 0.3) is 11.3 Å². The first-order chi connectivity index (χ1) is 12.1. The largest absolute Gasteiger partial charge is 0.502 e. The van der Waals surface area contributed by atoms with Gasteiger partial charge in [-0.2, -0.15) is 0 Å². The van der Waals surface area contributed by atoms with Gasteiger partial charge in [0.05, 0.1) is 5.75 Å². The fourth-order valence-corrected chi connectivity index (χ4v) is 4.25. The highest BCUT2D eigenvalue weighted by Gasteiger charge is 2.27. The number of nitrogens with one attached hydrogen (secondary N) is 1. The molecule has 0 radical (unpaired) electrons. The zero-order chi connectivity index (χ0) is 19.5. The Bertz CT molecular complexity index is 908. The molecule has 0 spiro atoms. The minimum atomic E-state index is -3.79. The van der Waals surface area contributed by atoms with E-state index in [0.717, 1.165) is 6.92 Å². The Balaban J connectivity index is 2.52. The van der Waals surface area contributed by atoms with Crippen molar-refractivity contribution in [2.75, 3.05) is 15.8 Å². The smallest absolute Gasteiger partial charge is 0.308 e. The predicted octanol–water partition coefficient (Wildman–Crippen LogP) is 4.41. The third-order valence-corrected chi connectivity index (χ3v) is 5.33. The fraction of sp³-hybridized carbons (Fsp3) is 0.267. The van der Waals surface area contributed by atoms with Gasteiger partial charge in [0, 0.05) is 27.9 Å². The second-order valence-corrected chi connectivity index (χ2v) is 8.66. The summed E-state index contributed by atoms with van der Waals surface area (Å²) in [5, 5.41) is 11.4. The molecule has 2 N–H and O–H groups in total. The van der Waals surface area contributed by atoms with E-state index in [1.807, 2.05) is 0 Å². The highest BCUT2D eigenvalue weighted by Crippen LogP contribution is 2.47.